The molecule has 0 aliphatic rings. The Morgan fingerprint density at radius 2 is 1.81 bits per heavy atom. The van der Waals surface area contributed by atoms with E-state index in [-0.39, 0.29) is 5.82 Å². The lowest BCUT2D eigenvalue weighted by atomic mass is 10.1. The first-order chi connectivity index (χ1) is 13.1. The first-order valence-electron chi connectivity index (χ1n) is 8.65. The first kappa shape index (κ1) is 19.1. The summed E-state index contributed by atoms with van der Waals surface area (Å²) in [5, 5.41) is 0.829. The topological polar surface area (TPSA) is 51.9 Å². The molecule has 0 fully saturated rings. The van der Waals surface area contributed by atoms with Crippen LogP contribution >= 0.6 is 0 Å². The van der Waals surface area contributed by atoms with Crippen molar-refractivity contribution < 1.29 is 18.3 Å². The van der Waals surface area contributed by atoms with Crippen LogP contribution in [0.2, 0.25) is 0 Å². The minimum absolute atomic E-state index is 0.263. The molecule has 0 spiro atoms. The summed E-state index contributed by atoms with van der Waals surface area (Å²) in [5.74, 6) is 0.431. The minimum Gasteiger partial charge on any atom is -0.497 e. The molecule has 6 heteroatoms. The van der Waals surface area contributed by atoms with Gasteiger partial charge in [-0.3, -0.25) is 4.90 Å². The lowest BCUT2D eigenvalue weighted by Gasteiger charge is -2.23. The molecule has 0 amide bonds. The van der Waals surface area contributed by atoms with Crippen molar-refractivity contribution in [3.05, 3.63) is 75.9 Å². The second-order valence-electron chi connectivity index (χ2n) is 6.28. The SMILES string of the molecule is COCCN(Cc1ccc(F)cc1)Cc1cc(=O)oc2ccc(OC)cc12. The number of rotatable bonds is 8. The van der Waals surface area contributed by atoms with Gasteiger partial charge in [-0.2, -0.15) is 0 Å². The van der Waals surface area contributed by atoms with Crippen LogP contribution in [0.5, 0.6) is 5.75 Å². The Kier molecular flexibility index (Phi) is 6.21. The van der Waals surface area contributed by atoms with E-state index in [4.69, 9.17) is 13.9 Å². The van der Waals surface area contributed by atoms with Gasteiger partial charge in [0.1, 0.15) is 17.1 Å². The van der Waals surface area contributed by atoms with Crippen molar-refractivity contribution in [1.82, 2.24) is 4.90 Å². The highest BCUT2D eigenvalue weighted by Crippen LogP contribution is 2.24. The van der Waals surface area contributed by atoms with E-state index in [0.717, 1.165) is 16.5 Å². The number of ether oxygens (including phenoxy) is 2. The van der Waals surface area contributed by atoms with Crippen LogP contribution in [0.4, 0.5) is 4.39 Å². The van der Waals surface area contributed by atoms with E-state index in [9.17, 15) is 9.18 Å². The zero-order valence-corrected chi connectivity index (χ0v) is 15.4. The van der Waals surface area contributed by atoms with Crippen molar-refractivity contribution in [3.63, 3.8) is 0 Å². The van der Waals surface area contributed by atoms with Crippen LogP contribution in [-0.4, -0.2) is 32.3 Å². The standard InChI is InChI=1S/C21H22FNO4/c1-25-10-9-23(13-15-3-5-17(22)6-4-15)14-16-11-21(24)27-20-8-7-18(26-2)12-19(16)20/h3-8,11-12H,9-10,13-14H2,1-2H3. The predicted molar refractivity (Wildman–Crippen MR) is 101 cm³/mol. The van der Waals surface area contributed by atoms with Gasteiger partial charge in [-0.1, -0.05) is 12.1 Å². The van der Waals surface area contributed by atoms with Crippen LogP contribution in [0, 0.1) is 5.82 Å². The average Bonchev–Trinajstić information content (AvgIpc) is 2.67. The molecule has 0 N–H and O–H groups in total. The van der Waals surface area contributed by atoms with Crippen molar-refractivity contribution in [2.24, 2.45) is 0 Å². The highest BCUT2D eigenvalue weighted by Gasteiger charge is 2.13. The second kappa shape index (κ2) is 8.79. The molecule has 0 radical (unpaired) electrons. The number of methoxy groups -OCH3 is 2. The predicted octanol–water partition coefficient (Wildman–Crippen LogP) is 3.59. The number of hydrogen-bond acceptors (Lipinski definition) is 5. The molecule has 0 saturated heterocycles. The van der Waals surface area contributed by atoms with Gasteiger partial charge in [0.15, 0.2) is 0 Å². The molecular weight excluding hydrogens is 349 g/mol. The molecule has 5 nitrogen and oxygen atoms in total. The molecule has 3 rings (SSSR count). The fraction of sp³-hybridized carbons (Fsp3) is 0.286. The van der Waals surface area contributed by atoms with Gasteiger partial charge in [-0.25, -0.2) is 9.18 Å². The molecule has 142 valence electrons. The molecule has 0 atom stereocenters. The molecule has 0 aliphatic carbocycles. The van der Waals surface area contributed by atoms with E-state index in [1.54, 1.807) is 38.5 Å². The largest absolute Gasteiger partial charge is 0.497 e. The van der Waals surface area contributed by atoms with Crippen LogP contribution in [0.25, 0.3) is 11.0 Å². The maximum absolute atomic E-state index is 13.2. The third-order valence-corrected chi connectivity index (χ3v) is 4.36. The Hall–Kier alpha value is -2.70. The summed E-state index contributed by atoms with van der Waals surface area (Å²) < 4.78 is 29.0. The van der Waals surface area contributed by atoms with Crippen molar-refractivity contribution >= 4 is 11.0 Å². The maximum Gasteiger partial charge on any atom is 0.336 e. The van der Waals surface area contributed by atoms with Gasteiger partial charge in [0.25, 0.3) is 0 Å². The second-order valence-corrected chi connectivity index (χ2v) is 6.28. The van der Waals surface area contributed by atoms with Crippen molar-refractivity contribution in [3.8, 4) is 5.75 Å². The lowest BCUT2D eigenvalue weighted by Crippen LogP contribution is -2.27. The lowest BCUT2D eigenvalue weighted by molar-refractivity contribution is 0.140. The van der Waals surface area contributed by atoms with Crippen LogP contribution in [0.15, 0.2) is 57.7 Å². The Bertz CT molecular complexity index is 953. The number of fused-ring (bicyclic) bond motifs is 1. The van der Waals surface area contributed by atoms with E-state index in [1.165, 1.54) is 18.2 Å². The molecule has 1 aromatic heterocycles. The Morgan fingerprint density at radius 1 is 1.04 bits per heavy atom. The number of benzene rings is 2. The Balaban J connectivity index is 1.92. The molecule has 0 aliphatic heterocycles. The highest BCUT2D eigenvalue weighted by molar-refractivity contribution is 5.81. The summed E-state index contributed by atoms with van der Waals surface area (Å²) in [6, 6.07) is 13.3. The summed E-state index contributed by atoms with van der Waals surface area (Å²) in [6.45, 7) is 2.34. The quantitative estimate of drug-likeness (QED) is 0.567. The van der Waals surface area contributed by atoms with Crippen LogP contribution < -0.4 is 10.4 Å². The third kappa shape index (κ3) is 4.93. The number of nitrogens with zero attached hydrogens (tertiary/aromatic N) is 1. The summed E-state index contributed by atoms with van der Waals surface area (Å²) in [7, 11) is 3.24. The van der Waals surface area contributed by atoms with Crippen LogP contribution in [0.1, 0.15) is 11.1 Å². The van der Waals surface area contributed by atoms with E-state index in [2.05, 4.69) is 4.90 Å². The number of hydrogen-bond donors (Lipinski definition) is 0. The monoisotopic (exact) mass is 371 g/mol. The average molecular weight is 371 g/mol. The van der Waals surface area contributed by atoms with Crippen molar-refractivity contribution in [1.29, 1.82) is 0 Å². The molecule has 3 aromatic rings. The van der Waals surface area contributed by atoms with E-state index in [0.29, 0.717) is 37.6 Å². The first-order valence-corrected chi connectivity index (χ1v) is 8.65. The highest BCUT2D eigenvalue weighted by atomic mass is 19.1. The van der Waals surface area contributed by atoms with Gasteiger partial charge in [-0.05, 0) is 41.5 Å². The fourth-order valence-electron chi connectivity index (χ4n) is 2.99. The summed E-state index contributed by atoms with van der Waals surface area (Å²) in [4.78, 5) is 14.1. The van der Waals surface area contributed by atoms with E-state index >= 15 is 0 Å². The van der Waals surface area contributed by atoms with Gasteiger partial charge < -0.3 is 13.9 Å². The minimum atomic E-state index is -0.392. The number of halogens is 1. The van der Waals surface area contributed by atoms with Gasteiger partial charge in [-0.15, -0.1) is 0 Å². The Labute approximate surface area is 156 Å². The smallest absolute Gasteiger partial charge is 0.336 e. The molecule has 0 saturated carbocycles. The maximum atomic E-state index is 13.2. The normalized spacial score (nSPS) is 11.3. The molecular formula is C21H22FNO4. The fourth-order valence-corrected chi connectivity index (χ4v) is 2.99. The van der Waals surface area contributed by atoms with Crippen molar-refractivity contribution in [2.75, 3.05) is 27.4 Å². The van der Waals surface area contributed by atoms with Crippen LogP contribution in [0.3, 0.4) is 0 Å². The van der Waals surface area contributed by atoms with E-state index < -0.39 is 5.63 Å². The molecule has 1 heterocycles. The summed E-state index contributed by atoms with van der Waals surface area (Å²) >= 11 is 0. The molecule has 0 bridgehead atoms. The van der Waals surface area contributed by atoms with Gasteiger partial charge in [0, 0.05) is 38.2 Å². The van der Waals surface area contributed by atoms with Crippen LogP contribution in [-0.2, 0) is 17.8 Å². The zero-order valence-electron chi connectivity index (χ0n) is 15.4. The van der Waals surface area contributed by atoms with Gasteiger partial charge >= 0.3 is 5.63 Å². The zero-order chi connectivity index (χ0) is 19.2. The molecule has 27 heavy (non-hydrogen) atoms. The molecule has 0 unspecified atom stereocenters. The molecule has 2 aromatic carbocycles. The summed E-state index contributed by atoms with van der Waals surface area (Å²) in [5.41, 5.74) is 1.96. The van der Waals surface area contributed by atoms with Crippen molar-refractivity contribution in [2.45, 2.75) is 13.1 Å². The third-order valence-electron chi connectivity index (χ3n) is 4.36. The van der Waals surface area contributed by atoms with Gasteiger partial charge in [0.2, 0.25) is 0 Å². The Morgan fingerprint density at radius 3 is 2.52 bits per heavy atom. The van der Waals surface area contributed by atoms with E-state index in [1.807, 2.05) is 6.07 Å². The van der Waals surface area contributed by atoms with Gasteiger partial charge in [0.05, 0.1) is 13.7 Å². The summed E-state index contributed by atoms with van der Waals surface area (Å²) in [6.07, 6.45) is 0.